The van der Waals surface area contributed by atoms with Gasteiger partial charge in [0, 0.05) is 24.2 Å². The van der Waals surface area contributed by atoms with E-state index < -0.39 is 5.60 Å². The molecule has 1 aromatic carbocycles. The third-order valence-electron chi connectivity index (χ3n) is 2.94. The summed E-state index contributed by atoms with van der Waals surface area (Å²) in [6.07, 6.45) is -0.330. The van der Waals surface area contributed by atoms with Gasteiger partial charge >= 0.3 is 6.09 Å². The number of carbonyl (C=O) groups excluding carboxylic acids is 1. The third kappa shape index (κ3) is 3.39. The van der Waals surface area contributed by atoms with E-state index in [2.05, 4.69) is 0 Å². The van der Waals surface area contributed by atoms with Crippen molar-refractivity contribution in [3.63, 3.8) is 0 Å². The lowest BCUT2D eigenvalue weighted by molar-refractivity contribution is 0.0206. The van der Waals surface area contributed by atoms with Crippen LogP contribution >= 0.6 is 11.6 Å². The molecule has 1 heterocycles. The lowest BCUT2D eigenvalue weighted by atomic mass is 9.96. The molecule has 1 aliphatic heterocycles. The van der Waals surface area contributed by atoms with Crippen LogP contribution in [-0.2, 0) is 11.3 Å². The molecule has 19 heavy (non-hydrogen) atoms. The number of carbonyl (C=O) groups is 1. The molecular weight excluding hydrogens is 264 g/mol. The SMILES string of the molecule is CC(C)(C)OC(=O)N1Cc2ccc(Cl)cc2C(N)C1. The molecule has 1 aromatic rings. The summed E-state index contributed by atoms with van der Waals surface area (Å²) in [7, 11) is 0. The van der Waals surface area contributed by atoms with Crippen molar-refractivity contribution in [3.05, 3.63) is 34.3 Å². The van der Waals surface area contributed by atoms with E-state index in [9.17, 15) is 4.79 Å². The zero-order valence-corrected chi connectivity index (χ0v) is 12.2. The zero-order chi connectivity index (χ0) is 14.2. The number of hydrogen-bond donors (Lipinski definition) is 1. The highest BCUT2D eigenvalue weighted by molar-refractivity contribution is 6.30. The Hall–Kier alpha value is -1.26. The zero-order valence-electron chi connectivity index (χ0n) is 11.4. The second-order valence-electron chi connectivity index (χ2n) is 5.81. The molecule has 0 fully saturated rings. The molecule has 4 nitrogen and oxygen atoms in total. The minimum atomic E-state index is -0.499. The Kier molecular flexibility index (Phi) is 3.74. The first kappa shape index (κ1) is 14.2. The molecule has 0 radical (unpaired) electrons. The van der Waals surface area contributed by atoms with Gasteiger partial charge in [-0.05, 0) is 44.0 Å². The quantitative estimate of drug-likeness (QED) is 0.795. The molecule has 0 aromatic heterocycles. The number of nitrogens with zero attached hydrogens (tertiary/aromatic N) is 1. The number of fused-ring (bicyclic) bond motifs is 1. The largest absolute Gasteiger partial charge is 0.444 e. The van der Waals surface area contributed by atoms with Crippen molar-refractivity contribution < 1.29 is 9.53 Å². The Labute approximate surface area is 118 Å². The minimum Gasteiger partial charge on any atom is -0.444 e. The maximum Gasteiger partial charge on any atom is 0.410 e. The molecule has 2 rings (SSSR count). The van der Waals surface area contributed by atoms with Crippen LogP contribution in [0.4, 0.5) is 4.79 Å². The van der Waals surface area contributed by atoms with Crippen LogP contribution in [0.3, 0.4) is 0 Å². The van der Waals surface area contributed by atoms with Gasteiger partial charge in [0.1, 0.15) is 5.60 Å². The average molecular weight is 283 g/mol. The van der Waals surface area contributed by atoms with E-state index in [4.69, 9.17) is 22.1 Å². The van der Waals surface area contributed by atoms with Gasteiger partial charge in [0.2, 0.25) is 0 Å². The van der Waals surface area contributed by atoms with Crippen molar-refractivity contribution in [1.82, 2.24) is 4.90 Å². The first-order valence-corrected chi connectivity index (χ1v) is 6.66. The van der Waals surface area contributed by atoms with E-state index in [1.54, 1.807) is 4.90 Å². The Morgan fingerprint density at radius 1 is 1.47 bits per heavy atom. The van der Waals surface area contributed by atoms with Crippen molar-refractivity contribution in [2.45, 2.75) is 39.0 Å². The van der Waals surface area contributed by atoms with Gasteiger partial charge in [-0.1, -0.05) is 17.7 Å². The van der Waals surface area contributed by atoms with Gasteiger partial charge in [-0.15, -0.1) is 0 Å². The van der Waals surface area contributed by atoms with Crippen LogP contribution in [0.1, 0.15) is 37.9 Å². The number of benzene rings is 1. The Morgan fingerprint density at radius 3 is 2.79 bits per heavy atom. The van der Waals surface area contributed by atoms with Crippen LogP contribution < -0.4 is 5.73 Å². The van der Waals surface area contributed by atoms with Crippen LogP contribution in [-0.4, -0.2) is 23.1 Å². The molecule has 1 amide bonds. The van der Waals surface area contributed by atoms with E-state index in [1.165, 1.54) is 0 Å². The van der Waals surface area contributed by atoms with Crippen LogP contribution in [0.2, 0.25) is 5.02 Å². The normalized spacial score (nSPS) is 19.0. The van der Waals surface area contributed by atoms with Gasteiger partial charge in [-0.25, -0.2) is 4.79 Å². The summed E-state index contributed by atoms with van der Waals surface area (Å²) in [6, 6.07) is 5.36. The summed E-state index contributed by atoms with van der Waals surface area (Å²) in [5.41, 5.74) is 7.63. The molecule has 1 atom stereocenters. The molecule has 0 spiro atoms. The molecule has 0 saturated carbocycles. The van der Waals surface area contributed by atoms with Crippen LogP contribution in [0.5, 0.6) is 0 Å². The summed E-state index contributed by atoms with van der Waals surface area (Å²) in [4.78, 5) is 13.7. The van der Waals surface area contributed by atoms with E-state index >= 15 is 0 Å². The molecular formula is C14H19ClN2O2. The fraction of sp³-hybridized carbons (Fsp3) is 0.500. The lowest BCUT2D eigenvalue weighted by Crippen LogP contribution is -2.43. The molecule has 2 N–H and O–H groups in total. The predicted octanol–water partition coefficient (Wildman–Crippen LogP) is 3.09. The van der Waals surface area contributed by atoms with E-state index in [0.717, 1.165) is 11.1 Å². The molecule has 0 bridgehead atoms. The Bertz CT molecular complexity index is 497. The monoisotopic (exact) mass is 282 g/mol. The summed E-state index contributed by atoms with van der Waals surface area (Å²) in [5.74, 6) is 0. The molecule has 0 aliphatic carbocycles. The van der Waals surface area contributed by atoms with Gasteiger partial charge in [-0.2, -0.15) is 0 Å². The highest BCUT2D eigenvalue weighted by Gasteiger charge is 2.29. The van der Waals surface area contributed by atoms with E-state index in [1.807, 2.05) is 39.0 Å². The van der Waals surface area contributed by atoms with Gasteiger partial charge in [0.05, 0.1) is 0 Å². The first-order valence-electron chi connectivity index (χ1n) is 6.28. The smallest absolute Gasteiger partial charge is 0.410 e. The number of hydrogen-bond acceptors (Lipinski definition) is 3. The second-order valence-corrected chi connectivity index (χ2v) is 6.25. The van der Waals surface area contributed by atoms with Gasteiger partial charge < -0.3 is 15.4 Å². The maximum absolute atomic E-state index is 12.1. The first-order chi connectivity index (χ1) is 8.76. The van der Waals surface area contributed by atoms with Gasteiger partial charge in [0.15, 0.2) is 0 Å². The fourth-order valence-electron chi connectivity index (χ4n) is 2.13. The Balaban J connectivity index is 2.17. The highest BCUT2D eigenvalue weighted by Crippen LogP contribution is 2.28. The number of ether oxygens (including phenoxy) is 1. The van der Waals surface area contributed by atoms with Crippen molar-refractivity contribution in [1.29, 1.82) is 0 Å². The number of halogens is 1. The molecule has 104 valence electrons. The second kappa shape index (κ2) is 5.02. The molecule has 0 saturated heterocycles. The van der Waals surface area contributed by atoms with Gasteiger partial charge in [-0.3, -0.25) is 0 Å². The van der Waals surface area contributed by atoms with Crippen molar-refractivity contribution >= 4 is 17.7 Å². The molecule has 5 heteroatoms. The summed E-state index contributed by atoms with van der Waals surface area (Å²) in [6.45, 7) is 6.50. The lowest BCUT2D eigenvalue weighted by Gasteiger charge is -2.34. The van der Waals surface area contributed by atoms with E-state index in [0.29, 0.717) is 18.1 Å². The summed E-state index contributed by atoms with van der Waals surface area (Å²) < 4.78 is 5.37. The van der Waals surface area contributed by atoms with Crippen molar-refractivity contribution in [3.8, 4) is 0 Å². The third-order valence-corrected chi connectivity index (χ3v) is 3.17. The average Bonchev–Trinajstić information content (AvgIpc) is 2.27. The van der Waals surface area contributed by atoms with Crippen molar-refractivity contribution in [2.24, 2.45) is 5.73 Å². The standard InChI is InChI=1S/C14H19ClN2O2/c1-14(2,3)19-13(18)17-7-9-4-5-10(15)6-11(9)12(16)8-17/h4-6,12H,7-8,16H2,1-3H3. The molecule has 1 aliphatic rings. The predicted molar refractivity (Wildman–Crippen MR) is 75.0 cm³/mol. The van der Waals surface area contributed by atoms with E-state index in [-0.39, 0.29) is 12.1 Å². The maximum atomic E-state index is 12.1. The summed E-state index contributed by atoms with van der Waals surface area (Å²) in [5, 5.41) is 0.667. The Morgan fingerprint density at radius 2 is 2.16 bits per heavy atom. The fourth-order valence-corrected chi connectivity index (χ4v) is 2.31. The topological polar surface area (TPSA) is 55.6 Å². The van der Waals surface area contributed by atoms with Crippen LogP contribution in [0.15, 0.2) is 18.2 Å². The molecule has 1 unspecified atom stereocenters. The number of rotatable bonds is 0. The van der Waals surface area contributed by atoms with Gasteiger partial charge in [0.25, 0.3) is 0 Å². The van der Waals surface area contributed by atoms with Crippen molar-refractivity contribution in [2.75, 3.05) is 6.54 Å². The minimum absolute atomic E-state index is 0.227. The number of nitrogens with two attached hydrogens (primary N) is 1. The van der Waals surface area contributed by atoms with Crippen LogP contribution in [0, 0.1) is 0 Å². The highest BCUT2D eigenvalue weighted by atomic mass is 35.5. The van der Waals surface area contributed by atoms with Crippen LogP contribution in [0.25, 0.3) is 0 Å². The number of amides is 1. The summed E-state index contributed by atoms with van der Waals surface area (Å²) >= 11 is 5.97.